The lowest BCUT2D eigenvalue weighted by Crippen LogP contribution is -2.26. The number of rotatable bonds is 4. The Balaban J connectivity index is 1.45. The van der Waals surface area contributed by atoms with Gasteiger partial charge in [-0.15, -0.1) is 0 Å². The van der Waals surface area contributed by atoms with Gasteiger partial charge in [0.05, 0.1) is 0 Å². The molecule has 0 unspecified atom stereocenters. The van der Waals surface area contributed by atoms with Crippen molar-refractivity contribution in [2.45, 2.75) is 32.1 Å². The third kappa shape index (κ3) is 3.86. The molecule has 2 heterocycles. The van der Waals surface area contributed by atoms with E-state index >= 15 is 0 Å². The lowest BCUT2D eigenvalue weighted by molar-refractivity contribution is -0.124. The van der Waals surface area contributed by atoms with Gasteiger partial charge < -0.3 is 10.2 Å². The molecule has 5 heteroatoms. The zero-order valence-electron chi connectivity index (χ0n) is 17.0. The van der Waals surface area contributed by atoms with E-state index in [2.05, 4.69) is 48.4 Å². The summed E-state index contributed by atoms with van der Waals surface area (Å²) >= 11 is 0. The number of allylic oxidation sites excluding steroid dienone is 1. The molecule has 0 fully saturated rings. The van der Waals surface area contributed by atoms with Gasteiger partial charge in [-0.3, -0.25) is 9.59 Å². The highest BCUT2D eigenvalue weighted by Gasteiger charge is 2.29. The second kappa shape index (κ2) is 7.32. The van der Waals surface area contributed by atoms with E-state index in [4.69, 9.17) is 0 Å². The van der Waals surface area contributed by atoms with Crippen LogP contribution >= 0.6 is 0 Å². The van der Waals surface area contributed by atoms with Crippen LogP contribution in [0, 0.1) is 0 Å². The van der Waals surface area contributed by atoms with E-state index in [-0.39, 0.29) is 17.2 Å². The highest BCUT2D eigenvalue weighted by Crippen LogP contribution is 2.40. The van der Waals surface area contributed by atoms with Gasteiger partial charge in [0.25, 0.3) is 0 Å². The number of amides is 2. The Labute approximate surface area is 171 Å². The molecule has 0 atom stereocenters. The molecule has 0 radical (unpaired) electrons. The molecule has 0 bridgehead atoms. The van der Waals surface area contributed by atoms with Gasteiger partial charge in [-0.1, -0.05) is 44.2 Å². The highest BCUT2D eigenvalue weighted by atomic mass is 16.2. The Kier molecular flexibility index (Phi) is 4.82. The summed E-state index contributed by atoms with van der Waals surface area (Å²) in [6.07, 6.45) is 8.43. The average Bonchev–Trinajstić information content (AvgIpc) is 2.96. The molecule has 1 aliphatic heterocycles. The van der Waals surface area contributed by atoms with E-state index < -0.39 is 0 Å². The van der Waals surface area contributed by atoms with Crippen LogP contribution in [0.15, 0.2) is 48.7 Å². The van der Waals surface area contributed by atoms with Crippen LogP contribution in [0.25, 0.3) is 11.6 Å². The third-order valence-electron chi connectivity index (χ3n) is 5.57. The number of nitrogens with zero attached hydrogens (tertiary/aromatic N) is 2. The maximum absolute atomic E-state index is 12.6. The topological polar surface area (TPSA) is 62.3 Å². The van der Waals surface area contributed by atoms with Crippen LogP contribution in [-0.2, 0) is 21.4 Å². The van der Waals surface area contributed by atoms with Gasteiger partial charge >= 0.3 is 0 Å². The molecule has 2 amide bonds. The molecule has 2 aliphatic rings. The van der Waals surface area contributed by atoms with Crippen LogP contribution in [-0.4, -0.2) is 35.3 Å². The number of anilines is 1. The molecule has 5 nitrogen and oxygen atoms in total. The SMILES string of the molecule is CN(CC1=CC(C)(C)c2ccccc21)C(=O)/C=C/c1cnc2c(c1)CCC(=O)N2. The van der Waals surface area contributed by atoms with E-state index in [1.165, 1.54) is 16.7 Å². The lowest BCUT2D eigenvalue weighted by atomic mass is 9.87. The first-order valence-corrected chi connectivity index (χ1v) is 9.87. The number of hydrogen-bond donors (Lipinski definition) is 1. The van der Waals surface area contributed by atoms with Crippen LogP contribution < -0.4 is 5.32 Å². The van der Waals surface area contributed by atoms with Gasteiger partial charge in [0, 0.05) is 37.7 Å². The fourth-order valence-electron chi connectivity index (χ4n) is 4.04. The van der Waals surface area contributed by atoms with E-state index in [1.807, 2.05) is 19.2 Å². The average molecular weight is 387 g/mol. The minimum absolute atomic E-state index is 0.00365. The van der Waals surface area contributed by atoms with Gasteiger partial charge in [-0.25, -0.2) is 4.98 Å². The van der Waals surface area contributed by atoms with Crippen molar-refractivity contribution >= 4 is 29.3 Å². The number of nitrogens with one attached hydrogen (secondary N) is 1. The summed E-state index contributed by atoms with van der Waals surface area (Å²) < 4.78 is 0. The van der Waals surface area contributed by atoms with Crippen molar-refractivity contribution in [2.75, 3.05) is 18.9 Å². The Hall–Kier alpha value is -3.21. The summed E-state index contributed by atoms with van der Waals surface area (Å²) in [6.45, 7) is 4.97. The normalized spacial score (nSPS) is 16.8. The molecule has 2 aromatic rings. The van der Waals surface area contributed by atoms with Crippen molar-refractivity contribution < 1.29 is 9.59 Å². The standard InChI is InChI=1S/C24H25N3O2/c1-24(2)13-18(19-6-4-5-7-20(19)24)15-27(3)22(29)11-8-16-12-17-9-10-21(28)26-23(17)25-14-16/h4-8,11-14H,9-10,15H2,1-3H3,(H,25,26,28)/b11-8+. The van der Waals surface area contributed by atoms with Crippen molar-refractivity contribution in [1.29, 1.82) is 0 Å². The smallest absolute Gasteiger partial charge is 0.246 e. The number of aryl methyl sites for hydroxylation is 1. The fraction of sp³-hybridized carbons (Fsp3) is 0.292. The van der Waals surface area contributed by atoms with Gasteiger partial charge in [-0.05, 0) is 46.4 Å². The van der Waals surface area contributed by atoms with Crippen molar-refractivity contribution in [1.82, 2.24) is 9.88 Å². The summed E-state index contributed by atoms with van der Waals surface area (Å²) in [7, 11) is 1.82. The number of fused-ring (bicyclic) bond motifs is 2. The maximum Gasteiger partial charge on any atom is 0.246 e. The Bertz CT molecular complexity index is 1050. The maximum atomic E-state index is 12.6. The van der Waals surface area contributed by atoms with Crippen molar-refractivity contribution in [2.24, 2.45) is 0 Å². The fourth-order valence-corrected chi connectivity index (χ4v) is 4.04. The molecule has 1 aromatic heterocycles. The zero-order valence-corrected chi connectivity index (χ0v) is 17.0. The molecule has 4 rings (SSSR count). The van der Waals surface area contributed by atoms with Gasteiger partial charge in [0.1, 0.15) is 5.82 Å². The summed E-state index contributed by atoms with van der Waals surface area (Å²) in [4.78, 5) is 30.1. The van der Waals surface area contributed by atoms with Crippen molar-refractivity contribution in [3.63, 3.8) is 0 Å². The highest BCUT2D eigenvalue weighted by molar-refractivity contribution is 5.94. The number of pyridine rings is 1. The first-order valence-electron chi connectivity index (χ1n) is 9.87. The second-order valence-corrected chi connectivity index (χ2v) is 8.29. The molecule has 0 saturated carbocycles. The minimum Gasteiger partial charge on any atom is -0.338 e. The third-order valence-corrected chi connectivity index (χ3v) is 5.57. The van der Waals surface area contributed by atoms with E-state index in [1.54, 1.807) is 23.2 Å². The van der Waals surface area contributed by atoms with E-state index in [9.17, 15) is 9.59 Å². The van der Waals surface area contributed by atoms with Gasteiger partial charge in [0.2, 0.25) is 11.8 Å². The van der Waals surface area contributed by atoms with Crippen molar-refractivity contribution in [3.8, 4) is 0 Å². The minimum atomic E-state index is -0.0564. The summed E-state index contributed by atoms with van der Waals surface area (Å²) in [5.74, 6) is 0.562. The predicted molar refractivity (Wildman–Crippen MR) is 115 cm³/mol. The Morgan fingerprint density at radius 2 is 2.07 bits per heavy atom. The van der Waals surface area contributed by atoms with Crippen LogP contribution in [0.1, 0.15) is 42.5 Å². The molecule has 1 N–H and O–H groups in total. The first-order chi connectivity index (χ1) is 13.8. The van der Waals surface area contributed by atoms with Crippen LogP contribution in [0.5, 0.6) is 0 Å². The lowest BCUT2D eigenvalue weighted by Gasteiger charge is -2.17. The number of carbonyl (C=O) groups is 2. The molecular formula is C24H25N3O2. The largest absolute Gasteiger partial charge is 0.338 e. The molecule has 29 heavy (non-hydrogen) atoms. The molecule has 0 saturated heterocycles. The first kappa shape index (κ1) is 19.1. The molecule has 148 valence electrons. The number of aromatic nitrogens is 1. The number of likely N-dealkylation sites (N-methyl/N-ethyl adjacent to an activating group) is 1. The van der Waals surface area contributed by atoms with E-state index in [0.29, 0.717) is 25.2 Å². The van der Waals surface area contributed by atoms with E-state index in [0.717, 1.165) is 11.1 Å². The number of carbonyl (C=O) groups excluding carboxylic acids is 2. The van der Waals surface area contributed by atoms with Crippen molar-refractivity contribution in [3.05, 3.63) is 70.9 Å². The Morgan fingerprint density at radius 3 is 2.90 bits per heavy atom. The van der Waals surface area contributed by atoms with Crippen LogP contribution in [0.3, 0.4) is 0 Å². The predicted octanol–water partition coefficient (Wildman–Crippen LogP) is 3.81. The Morgan fingerprint density at radius 1 is 1.28 bits per heavy atom. The van der Waals surface area contributed by atoms with Crippen LogP contribution in [0.4, 0.5) is 5.82 Å². The summed E-state index contributed by atoms with van der Waals surface area (Å²) in [5, 5.41) is 2.77. The quantitative estimate of drug-likeness (QED) is 0.812. The van der Waals surface area contributed by atoms with Gasteiger partial charge in [-0.2, -0.15) is 0 Å². The molecular weight excluding hydrogens is 362 g/mol. The molecule has 1 aliphatic carbocycles. The molecule has 1 aromatic carbocycles. The van der Waals surface area contributed by atoms with Gasteiger partial charge in [0.15, 0.2) is 0 Å². The summed E-state index contributed by atoms with van der Waals surface area (Å²) in [5.41, 5.74) is 5.55. The molecule has 0 spiro atoms. The number of hydrogen-bond acceptors (Lipinski definition) is 3. The zero-order chi connectivity index (χ0) is 20.6. The number of benzene rings is 1. The second-order valence-electron chi connectivity index (χ2n) is 8.29. The monoisotopic (exact) mass is 387 g/mol. The van der Waals surface area contributed by atoms with Crippen LogP contribution in [0.2, 0.25) is 0 Å². The summed E-state index contributed by atoms with van der Waals surface area (Å²) in [6, 6.07) is 10.4.